The second-order valence-electron chi connectivity index (χ2n) is 6.47. The van der Waals surface area contributed by atoms with Crippen LogP contribution in [-0.4, -0.2) is 11.5 Å². The van der Waals surface area contributed by atoms with Crippen molar-refractivity contribution in [1.82, 2.24) is 10.3 Å². The highest BCUT2D eigenvalue weighted by Gasteiger charge is 2.05. The summed E-state index contributed by atoms with van der Waals surface area (Å²) in [4.78, 5) is 3.31. The van der Waals surface area contributed by atoms with Crippen molar-refractivity contribution in [3.63, 3.8) is 0 Å². The van der Waals surface area contributed by atoms with E-state index in [0.717, 1.165) is 25.1 Å². The lowest BCUT2D eigenvalue weighted by Gasteiger charge is -2.09. The van der Waals surface area contributed by atoms with Crippen LogP contribution >= 0.6 is 0 Å². The van der Waals surface area contributed by atoms with Gasteiger partial charge in [0.15, 0.2) is 11.6 Å². The highest BCUT2D eigenvalue weighted by Crippen LogP contribution is 2.24. The number of fused-ring (bicyclic) bond motifs is 1. The molecule has 0 amide bonds. The molecule has 0 saturated heterocycles. The molecule has 27 heavy (non-hydrogen) atoms. The molecule has 136 valence electrons. The fourth-order valence-electron chi connectivity index (χ4n) is 3.17. The first-order chi connectivity index (χ1) is 13.3. The smallest absolute Gasteiger partial charge is 0.165 e. The molecule has 0 fully saturated rings. The van der Waals surface area contributed by atoms with Crippen molar-refractivity contribution in [3.05, 3.63) is 95.9 Å². The second-order valence-corrected chi connectivity index (χ2v) is 6.47. The quantitative estimate of drug-likeness (QED) is 0.431. The van der Waals surface area contributed by atoms with E-state index in [9.17, 15) is 4.39 Å². The number of ether oxygens (including phenoxy) is 1. The number of halogens is 1. The van der Waals surface area contributed by atoms with Crippen molar-refractivity contribution in [1.29, 1.82) is 0 Å². The molecule has 4 aromatic rings. The van der Waals surface area contributed by atoms with Gasteiger partial charge in [0.25, 0.3) is 0 Å². The number of aromatic nitrogens is 1. The molecule has 0 aliphatic heterocycles. The summed E-state index contributed by atoms with van der Waals surface area (Å²) in [5, 5.41) is 4.74. The first-order valence-corrected chi connectivity index (χ1v) is 9.06. The first kappa shape index (κ1) is 17.3. The van der Waals surface area contributed by atoms with Gasteiger partial charge in [-0.1, -0.05) is 42.5 Å². The van der Waals surface area contributed by atoms with E-state index in [-0.39, 0.29) is 11.6 Å². The standard InChI is InChI=1S/C23H21FN2O/c24-21-9-2-4-11-23(21)27-19-7-5-6-17(14-19)15-25-13-12-18-16-26-22-10-3-1-8-20(18)22/h1-11,14,16,25-26H,12-13,15H2. The van der Waals surface area contributed by atoms with Crippen LogP contribution in [0.15, 0.2) is 79.0 Å². The van der Waals surface area contributed by atoms with Crippen LogP contribution in [0, 0.1) is 5.82 Å². The van der Waals surface area contributed by atoms with Crippen LogP contribution in [0.5, 0.6) is 11.5 Å². The molecule has 0 spiro atoms. The second kappa shape index (κ2) is 8.06. The number of benzene rings is 3. The van der Waals surface area contributed by atoms with Crippen LogP contribution in [0.4, 0.5) is 4.39 Å². The molecule has 4 heteroatoms. The monoisotopic (exact) mass is 360 g/mol. The summed E-state index contributed by atoms with van der Waals surface area (Å²) in [6, 6.07) is 22.5. The van der Waals surface area contributed by atoms with Gasteiger partial charge in [-0.3, -0.25) is 0 Å². The SMILES string of the molecule is Fc1ccccc1Oc1cccc(CNCCc2c[nH]c3ccccc23)c1. The number of aromatic amines is 1. The molecule has 0 aliphatic rings. The van der Waals surface area contributed by atoms with Crippen LogP contribution in [-0.2, 0) is 13.0 Å². The van der Waals surface area contributed by atoms with E-state index in [2.05, 4.69) is 34.7 Å². The zero-order valence-corrected chi connectivity index (χ0v) is 14.9. The maximum atomic E-state index is 13.7. The van der Waals surface area contributed by atoms with E-state index in [1.165, 1.54) is 22.5 Å². The number of H-pyrrole nitrogens is 1. The van der Waals surface area contributed by atoms with E-state index in [1.54, 1.807) is 18.2 Å². The number of hydrogen-bond acceptors (Lipinski definition) is 2. The Balaban J connectivity index is 1.33. The van der Waals surface area contributed by atoms with Gasteiger partial charge in [0.1, 0.15) is 5.75 Å². The molecule has 1 aromatic heterocycles. The van der Waals surface area contributed by atoms with Gasteiger partial charge in [-0.2, -0.15) is 0 Å². The first-order valence-electron chi connectivity index (χ1n) is 9.06. The third kappa shape index (κ3) is 4.18. The van der Waals surface area contributed by atoms with Gasteiger partial charge in [0.05, 0.1) is 0 Å². The van der Waals surface area contributed by atoms with Crippen molar-refractivity contribution < 1.29 is 9.13 Å². The highest BCUT2D eigenvalue weighted by molar-refractivity contribution is 5.83. The number of nitrogens with one attached hydrogen (secondary N) is 2. The Morgan fingerprint density at radius 2 is 1.78 bits per heavy atom. The fourth-order valence-corrected chi connectivity index (χ4v) is 3.17. The lowest BCUT2D eigenvalue weighted by molar-refractivity contribution is 0.441. The summed E-state index contributed by atoms with van der Waals surface area (Å²) >= 11 is 0. The van der Waals surface area contributed by atoms with Gasteiger partial charge in [-0.25, -0.2) is 4.39 Å². The van der Waals surface area contributed by atoms with E-state index in [1.807, 2.05) is 30.3 Å². The predicted molar refractivity (Wildman–Crippen MR) is 107 cm³/mol. The highest BCUT2D eigenvalue weighted by atomic mass is 19.1. The third-order valence-corrected chi connectivity index (χ3v) is 4.54. The Bertz CT molecular complexity index is 1040. The average molecular weight is 360 g/mol. The normalized spacial score (nSPS) is 11.0. The molecule has 1 heterocycles. The van der Waals surface area contributed by atoms with Gasteiger partial charge in [0, 0.05) is 23.6 Å². The minimum atomic E-state index is -0.361. The summed E-state index contributed by atoms with van der Waals surface area (Å²) in [5.74, 6) is 0.512. The largest absolute Gasteiger partial charge is 0.454 e. The molecular formula is C23H21FN2O. The summed E-state index contributed by atoms with van der Waals surface area (Å²) in [6.07, 6.45) is 3.03. The van der Waals surface area contributed by atoms with Crippen LogP contribution in [0.1, 0.15) is 11.1 Å². The van der Waals surface area contributed by atoms with E-state index in [0.29, 0.717) is 5.75 Å². The maximum Gasteiger partial charge on any atom is 0.165 e. The van der Waals surface area contributed by atoms with Gasteiger partial charge < -0.3 is 15.0 Å². The van der Waals surface area contributed by atoms with E-state index >= 15 is 0 Å². The summed E-state index contributed by atoms with van der Waals surface area (Å²) < 4.78 is 19.4. The number of hydrogen-bond donors (Lipinski definition) is 2. The molecule has 3 nitrogen and oxygen atoms in total. The summed E-state index contributed by atoms with van der Waals surface area (Å²) in [6.45, 7) is 1.61. The van der Waals surface area contributed by atoms with Crippen LogP contribution in [0.3, 0.4) is 0 Å². The minimum absolute atomic E-state index is 0.238. The van der Waals surface area contributed by atoms with Crippen molar-refractivity contribution in [2.75, 3.05) is 6.54 Å². The lowest BCUT2D eigenvalue weighted by Crippen LogP contribution is -2.16. The van der Waals surface area contributed by atoms with Gasteiger partial charge in [-0.05, 0) is 54.4 Å². The Labute approximate surface area is 157 Å². The van der Waals surface area contributed by atoms with Crippen molar-refractivity contribution in [2.24, 2.45) is 0 Å². The third-order valence-electron chi connectivity index (χ3n) is 4.54. The Morgan fingerprint density at radius 3 is 2.70 bits per heavy atom. The molecule has 2 N–H and O–H groups in total. The maximum absolute atomic E-state index is 13.7. The molecule has 0 aliphatic carbocycles. The topological polar surface area (TPSA) is 37.0 Å². The lowest BCUT2D eigenvalue weighted by atomic mass is 10.1. The minimum Gasteiger partial charge on any atom is -0.454 e. The van der Waals surface area contributed by atoms with E-state index < -0.39 is 0 Å². The molecule has 0 bridgehead atoms. The van der Waals surface area contributed by atoms with Crippen LogP contribution in [0.25, 0.3) is 10.9 Å². The van der Waals surface area contributed by atoms with Gasteiger partial charge >= 0.3 is 0 Å². The number of rotatable bonds is 7. The molecule has 0 atom stereocenters. The predicted octanol–water partition coefficient (Wildman–Crippen LogP) is 5.43. The molecule has 3 aromatic carbocycles. The molecule has 4 rings (SSSR count). The zero-order chi connectivity index (χ0) is 18.5. The van der Waals surface area contributed by atoms with E-state index in [4.69, 9.17) is 4.74 Å². The Hall–Kier alpha value is -3.11. The molecular weight excluding hydrogens is 339 g/mol. The van der Waals surface area contributed by atoms with Crippen molar-refractivity contribution >= 4 is 10.9 Å². The zero-order valence-electron chi connectivity index (χ0n) is 14.9. The summed E-state index contributed by atoms with van der Waals surface area (Å²) in [7, 11) is 0. The molecule has 0 saturated carbocycles. The Morgan fingerprint density at radius 1 is 0.926 bits per heavy atom. The van der Waals surface area contributed by atoms with Gasteiger partial charge in [0.2, 0.25) is 0 Å². The van der Waals surface area contributed by atoms with Gasteiger partial charge in [-0.15, -0.1) is 0 Å². The summed E-state index contributed by atoms with van der Waals surface area (Å²) in [5.41, 5.74) is 3.59. The van der Waals surface area contributed by atoms with Crippen LogP contribution < -0.4 is 10.1 Å². The molecule has 0 unspecified atom stereocenters. The molecule has 0 radical (unpaired) electrons. The van der Waals surface area contributed by atoms with Crippen molar-refractivity contribution in [3.8, 4) is 11.5 Å². The van der Waals surface area contributed by atoms with Crippen LogP contribution in [0.2, 0.25) is 0 Å². The number of para-hydroxylation sites is 2. The average Bonchev–Trinajstić information content (AvgIpc) is 3.11. The fraction of sp³-hybridized carbons (Fsp3) is 0.130. The van der Waals surface area contributed by atoms with Crippen molar-refractivity contribution in [2.45, 2.75) is 13.0 Å². The Kier molecular flexibility index (Phi) is 5.17.